The molecule has 290 valence electrons. The molecule has 0 spiro atoms. The average Bonchev–Trinajstić information content (AvgIpc) is 4.11. The van der Waals surface area contributed by atoms with E-state index >= 15 is 0 Å². The van der Waals surface area contributed by atoms with Crippen molar-refractivity contribution in [2.75, 3.05) is 28.4 Å². The lowest BCUT2D eigenvalue weighted by atomic mass is 10.0. The number of nitrogens with zero attached hydrogens (tertiary/aromatic N) is 3. The van der Waals surface area contributed by atoms with Crippen molar-refractivity contribution in [3.05, 3.63) is 154 Å². The topological polar surface area (TPSA) is 137 Å². The van der Waals surface area contributed by atoms with Crippen molar-refractivity contribution < 1.29 is 23.9 Å². The monoisotopic (exact) mass is 779 g/mol. The molecule has 11 nitrogen and oxygen atoms in total. The Morgan fingerprint density at radius 2 is 0.831 bits per heavy atom. The number of methoxy groups -OCH3 is 4. The highest BCUT2D eigenvalue weighted by Crippen LogP contribution is 2.42. The van der Waals surface area contributed by atoms with E-state index in [1.54, 1.807) is 28.4 Å². The predicted octanol–water partition coefficient (Wildman–Crippen LogP) is 11.0. The van der Waals surface area contributed by atoms with Crippen molar-refractivity contribution in [3.63, 3.8) is 0 Å². The Kier molecular flexibility index (Phi) is 9.46. The number of ether oxygens (including phenoxy) is 4. The van der Waals surface area contributed by atoms with Crippen LogP contribution in [-0.4, -0.2) is 53.3 Å². The molecule has 2 aliphatic rings. The Morgan fingerprint density at radius 1 is 0.475 bits per heavy atom. The first-order chi connectivity index (χ1) is 28.8. The predicted molar refractivity (Wildman–Crippen MR) is 233 cm³/mol. The van der Waals surface area contributed by atoms with E-state index in [-0.39, 0.29) is 16.3 Å². The quantitative estimate of drug-likeness (QED) is 0.109. The maximum Gasteiger partial charge on any atom is 0.297 e. The van der Waals surface area contributed by atoms with Crippen molar-refractivity contribution in [2.24, 2.45) is 0 Å². The van der Waals surface area contributed by atoms with Crippen molar-refractivity contribution in [3.8, 4) is 67.5 Å². The van der Waals surface area contributed by atoms with Crippen molar-refractivity contribution in [1.29, 1.82) is 0 Å². The minimum Gasteiger partial charge on any atom is -0.497 e. The van der Waals surface area contributed by atoms with Gasteiger partial charge in [0.25, 0.3) is 5.70 Å². The number of rotatable bonds is 9. The van der Waals surface area contributed by atoms with Crippen LogP contribution in [0.5, 0.6) is 23.0 Å². The van der Waals surface area contributed by atoms with Crippen LogP contribution < -0.4 is 18.9 Å². The Morgan fingerprint density at radius 3 is 1.20 bits per heavy atom. The summed E-state index contributed by atoms with van der Waals surface area (Å²) in [6.07, 6.45) is 5.56. The number of nitro groups is 1. The van der Waals surface area contributed by atoms with Gasteiger partial charge in [-0.05, 0) is 107 Å². The summed E-state index contributed by atoms with van der Waals surface area (Å²) in [5.41, 5.74) is 10.6. The van der Waals surface area contributed by atoms with Crippen LogP contribution in [0, 0.1) is 10.1 Å². The molecule has 0 radical (unpaired) electrons. The van der Waals surface area contributed by atoms with Gasteiger partial charge in [-0.25, -0.2) is 9.97 Å². The molecule has 59 heavy (non-hydrogen) atoms. The van der Waals surface area contributed by atoms with Crippen LogP contribution in [0.4, 0.5) is 0 Å². The van der Waals surface area contributed by atoms with Crippen molar-refractivity contribution in [2.45, 2.75) is 0 Å². The molecule has 0 unspecified atom stereocenters. The number of H-pyrrole nitrogens is 2. The molecule has 5 heterocycles. The zero-order chi connectivity index (χ0) is 40.6. The van der Waals surface area contributed by atoms with Gasteiger partial charge in [0.2, 0.25) is 0 Å². The molecule has 0 saturated heterocycles. The highest BCUT2D eigenvalue weighted by atomic mass is 16.6. The third kappa shape index (κ3) is 6.74. The molecule has 3 aromatic heterocycles. The number of aromatic amines is 2. The molecular weight excluding hydrogens is 743 g/mol. The first kappa shape index (κ1) is 36.7. The second kappa shape index (κ2) is 15.2. The number of hydrogen-bond donors (Lipinski definition) is 2. The fourth-order valence-corrected chi connectivity index (χ4v) is 7.73. The highest BCUT2D eigenvalue weighted by molar-refractivity contribution is 6.01. The summed E-state index contributed by atoms with van der Waals surface area (Å²) in [6.45, 7) is 0. The summed E-state index contributed by atoms with van der Waals surface area (Å²) in [5.74, 6) is 2.58. The number of benzene rings is 4. The molecule has 7 aromatic rings. The zero-order valence-electron chi connectivity index (χ0n) is 32.6. The van der Waals surface area contributed by atoms with Crippen LogP contribution in [-0.2, 0) is 0 Å². The molecule has 8 bridgehead atoms. The average molecular weight is 780 g/mol. The number of hydrogen-bond acceptors (Lipinski definition) is 8. The summed E-state index contributed by atoms with van der Waals surface area (Å²) in [5, 5.41) is 13.1. The standard InChI is InChI=1S/C48H37N5O6/c1-56-32-13-5-9-28(23-32)44-36-17-18-37(49-36)45(29-10-6-14-33(24-29)57-2)39-21-22-41(51-39)47(31-12-8-16-35(26-31)59-4)48-43(53(54)55)27-42(52-48)46(40-20-19-38(44)50-40)30-11-7-15-34(25-30)58-3/h5-27,50-51H,1-4H3. The fourth-order valence-electron chi connectivity index (χ4n) is 7.73. The van der Waals surface area contributed by atoms with Crippen molar-refractivity contribution in [1.82, 2.24) is 19.9 Å². The summed E-state index contributed by atoms with van der Waals surface area (Å²) in [6, 6.07) is 38.5. The second-order valence-corrected chi connectivity index (χ2v) is 13.8. The lowest BCUT2D eigenvalue weighted by Gasteiger charge is -2.09. The molecule has 9 rings (SSSR count). The second-order valence-electron chi connectivity index (χ2n) is 13.8. The van der Waals surface area contributed by atoms with Gasteiger partial charge in [0.15, 0.2) is 5.69 Å². The van der Waals surface area contributed by atoms with Crippen LogP contribution in [0.25, 0.3) is 90.5 Å². The van der Waals surface area contributed by atoms with E-state index in [1.165, 1.54) is 6.08 Å². The van der Waals surface area contributed by atoms with Gasteiger partial charge in [-0.3, -0.25) is 10.1 Å². The van der Waals surface area contributed by atoms with Crippen LogP contribution in [0.3, 0.4) is 0 Å². The van der Waals surface area contributed by atoms with E-state index in [0.29, 0.717) is 62.1 Å². The van der Waals surface area contributed by atoms with Crippen LogP contribution in [0.1, 0.15) is 22.8 Å². The number of nitrogens with one attached hydrogen (secondary N) is 2. The molecule has 4 aromatic carbocycles. The van der Waals surface area contributed by atoms with E-state index in [9.17, 15) is 10.1 Å². The van der Waals surface area contributed by atoms with E-state index in [4.69, 9.17) is 28.9 Å². The maximum absolute atomic E-state index is 13.1. The molecule has 0 atom stereocenters. The largest absolute Gasteiger partial charge is 0.497 e. The van der Waals surface area contributed by atoms with Crippen LogP contribution in [0.2, 0.25) is 0 Å². The molecular formula is C48H37N5O6. The molecule has 0 aliphatic carbocycles. The first-order valence-corrected chi connectivity index (χ1v) is 18.8. The maximum atomic E-state index is 13.1. The Balaban J connectivity index is 1.51. The fraction of sp³-hybridized carbons (Fsp3) is 0.0833. The lowest BCUT2D eigenvalue weighted by molar-refractivity contribution is -0.374. The smallest absolute Gasteiger partial charge is 0.297 e. The Bertz CT molecular complexity index is 3050. The van der Waals surface area contributed by atoms with Gasteiger partial charge in [-0.1, -0.05) is 48.5 Å². The third-order valence-electron chi connectivity index (χ3n) is 10.5. The summed E-state index contributed by atoms with van der Waals surface area (Å²) < 4.78 is 22.6. The van der Waals surface area contributed by atoms with E-state index in [0.717, 1.165) is 44.5 Å². The van der Waals surface area contributed by atoms with Crippen LogP contribution in [0.15, 0.2) is 121 Å². The minimum absolute atomic E-state index is 0.159. The molecule has 2 N–H and O–H groups in total. The highest BCUT2D eigenvalue weighted by Gasteiger charge is 2.29. The van der Waals surface area contributed by atoms with Gasteiger partial charge in [0.1, 0.15) is 23.0 Å². The molecule has 11 heteroatoms. The number of aromatic nitrogens is 4. The van der Waals surface area contributed by atoms with E-state index in [1.807, 2.05) is 133 Å². The van der Waals surface area contributed by atoms with Crippen molar-refractivity contribution >= 4 is 46.0 Å². The van der Waals surface area contributed by atoms with Crippen LogP contribution >= 0.6 is 0 Å². The van der Waals surface area contributed by atoms with Gasteiger partial charge in [0.05, 0.1) is 50.4 Å². The van der Waals surface area contributed by atoms with Gasteiger partial charge < -0.3 is 28.9 Å². The van der Waals surface area contributed by atoms with Gasteiger partial charge in [-0.15, -0.1) is 0 Å². The zero-order valence-corrected chi connectivity index (χ0v) is 32.6. The SMILES string of the molecule is COc1cccc(-c2c3nc(c(-c4cccc(OC)c4)c4ccc([nH]4)c(-c4cccc(OC)c4)c4nc(c(-c5cccc(OC)c5)c5ccc2[nH]5)C=C4[N+](=O)[O-])C=C3)c1. The molecule has 0 fully saturated rings. The Hall–Kier alpha value is -7.92. The molecule has 2 aliphatic heterocycles. The van der Waals surface area contributed by atoms with Gasteiger partial charge >= 0.3 is 0 Å². The third-order valence-corrected chi connectivity index (χ3v) is 10.5. The summed E-state index contributed by atoms with van der Waals surface area (Å²) in [7, 11) is 6.47. The lowest BCUT2D eigenvalue weighted by Crippen LogP contribution is -1.98. The summed E-state index contributed by atoms with van der Waals surface area (Å²) in [4.78, 5) is 30.6. The summed E-state index contributed by atoms with van der Waals surface area (Å²) >= 11 is 0. The van der Waals surface area contributed by atoms with E-state index < -0.39 is 0 Å². The van der Waals surface area contributed by atoms with E-state index in [2.05, 4.69) is 9.97 Å². The molecule has 0 amide bonds. The first-order valence-electron chi connectivity index (χ1n) is 18.8. The minimum atomic E-state index is -0.384. The van der Waals surface area contributed by atoms with Gasteiger partial charge in [-0.2, -0.15) is 0 Å². The number of fused-ring (bicyclic) bond motifs is 8. The van der Waals surface area contributed by atoms with Gasteiger partial charge in [0, 0.05) is 50.4 Å². The Labute approximate surface area is 339 Å². The normalized spacial score (nSPS) is 11.9. The molecule has 0 saturated carbocycles.